The fraction of sp³-hybridized carbons (Fsp3) is 0.293. The average molecular weight is 2020 g/mol. The average Bonchev–Trinajstić information content (AvgIpc) is 0.816. The lowest BCUT2D eigenvalue weighted by Gasteiger charge is -2.34. The van der Waals surface area contributed by atoms with E-state index in [9.17, 15) is 85.4 Å². The highest BCUT2D eigenvalue weighted by molar-refractivity contribution is 5.95. The van der Waals surface area contributed by atoms with Crippen molar-refractivity contribution in [2.75, 3.05) is 169 Å². The van der Waals surface area contributed by atoms with Crippen molar-refractivity contribution in [3.63, 3.8) is 0 Å². The van der Waals surface area contributed by atoms with E-state index in [0.29, 0.717) is 54.1 Å². The van der Waals surface area contributed by atoms with Gasteiger partial charge in [-0.25, -0.2) is 48.7 Å². The summed E-state index contributed by atoms with van der Waals surface area (Å²) in [6, 6.07) is 34.2. The molecule has 11 heterocycles. The van der Waals surface area contributed by atoms with Gasteiger partial charge in [-0.15, -0.1) is 0 Å². The first-order valence-corrected chi connectivity index (χ1v) is 44.1. The first kappa shape index (κ1) is 107. The van der Waals surface area contributed by atoms with Crippen molar-refractivity contribution in [3.8, 4) is 0 Å². The topological polar surface area (TPSA) is 458 Å². The minimum atomic E-state index is -4.47. The van der Waals surface area contributed by atoms with E-state index < -0.39 is 82.2 Å². The van der Waals surface area contributed by atoms with Gasteiger partial charge < -0.3 is 56.3 Å². The number of pyridine rings is 4. The number of ketones is 1. The molecule has 760 valence electrons. The van der Waals surface area contributed by atoms with Gasteiger partial charge in [0.05, 0.1) is 134 Å². The van der Waals surface area contributed by atoms with Crippen LogP contribution in [0.2, 0.25) is 0 Å². The number of amides is 4. The third-order valence-electron chi connectivity index (χ3n) is 20.5. The van der Waals surface area contributed by atoms with E-state index in [1.54, 1.807) is 17.0 Å². The second-order valence-electron chi connectivity index (χ2n) is 31.7. The van der Waals surface area contributed by atoms with Crippen molar-refractivity contribution in [1.82, 2.24) is 91.3 Å². The zero-order chi connectivity index (χ0) is 103. The summed E-state index contributed by atoms with van der Waals surface area (Å²) < 4.78 is 199. The number of carbonyl (C=O) groups is 5. The molecule has 0 aliphatic carbocycles. The summed E-state index contributed by atoms with van der Waals surface area (Å²) in [7, 11) is 0. The van der Waals surface area contributed by atoms with Gasteiger partial charge in [0.2, 0.25) is 23.8 Å². The number of morpholine rings is 3. The van der Waals surface area contributed by atoms with E-state index in [0.717, 1.165) is 164 Å². The first-order chi connectivity index (χ1) is 68.8. The minimum absolute atomic E-state index is 0.0173. The summed E-state index contributed by atoms with van der Waals surface area (Å²) in [6.45, 7) is 18.4. The van der Waals surface area contributed by atoms with Crippen LogP contribution in [0.4, 0.5) is 154 Å². The molecule has 0 saturated carbocycles. The second kappa shape index (κ2) is 50.8. The number of ether oxygens (including phenoxy) is 3. The van der Waals surface area contributed by atoms with Crippen LogP contribution in [0.3, 0.4) is 0 Å². The van der Waals surface area contributed by atoms with E-state index in [4.69, 9.17) is 14.2 Å². The smallest absolute Gasteiger partial charge is 0.379 e. The van der Waals surface area contributed by atoms with E-state index in [2.05, 4.69) is 150 Å². The Morgan fingerprint density at radius 2 is 0.701 bits per heavy atom. The van der Waals surface area contributed by atoms with Gasteiger partial charge in [-0.05, 0) is 175 Å². The molecule has 0 bridgehead atoms. The Morgan fingerprint density at radius 1 is 0.368 bits per heavy atom. The van der Waals surface area contributed by atoms with Crippen LogP contribution in [0.1, 0.15) is 102 Å². The van der Waals surface area contributed by atoms with Crippen LogP contribution in [-0.4, -0.2) is 210 Å². The molecule has 8 aromatic heterocycles. The van der Waals surface area contributed by atoms with Crippen molar-refractivity contribution in [3.05, 3.63) is 263 Å². The van der Waals surface area contributed by atoms with Crippen molar-refractivity contribution in [2.24, 2.45) is 0 Å². The fourth-order valence-corrected chi connectivity index (χ4v) is 13.4. The van der Waals surface area contributed by atoms with Crippen LogP contribution in [0.15, 0.2) is 195 Å². The number of Topliss-reactive ketones (excluding diaryl/α,β-unsaturated/α-hetero) is 1. The lowest BCUT2D eigenvalue weighted by Crippen LogP contribution is -2.44. The number of hydrogen-bond acceptors (Lipinski definition) is 34. The molecule has 3 fully saturated rings. The summed E-state index contributed by atoms with van der Waals surface area (Å²) in [5, 5.41) is 20.3. The number of benzene rings is 4. The molecule has 12 aromatic rings. The number of hydrazine groups is 4. The van der Waals surface area contributed by atoms with Gasteiger partial charge in [0, 0.05) is 92.1 Å². The zero-order valence-electron chi connectivity index (χ0n) is 77.0. The number of hydrogen-bond donors (Lipinski definition) is 15. The normalized spacial score (nSPS) is 13.8. The van der Waals surface area contributed by atoms with Crippen molar-refractivity contribution < 1.29 is 99.6 Å². The third kappa shape index (κ3) is 34.1. The lowest BCUT2D eigenvalue weighted by molar-refractivity contribution is -0.138. The number of alkyl halides is 12. The largest absolute Gasteiger partial charge is 0.416 e. The zero-order valence-corrected chi connectivity index (χ0v) is 77.0. The fourth-order valence-electron chi connectivity index (χ4n) is 13.4. The molecule has 15 N–H and O–H groups in total. The molecule has 3 aliphatic heterocycles. The van der Waals surface area contributed by atoms with Gasteiger partial charge in [0.1, 0.15) is 40.2 Å². The highest BCUT2D eigenvalue weighted by atomic mass is 19.4. The lowest BCUT2D eigenvalue weighted by atomic mass is 10.2. The highest BCUT2D eigenvalue weighted by Crippen LogP contribution is 2.36. The van der Waals surface area contributed by atoms with E-state index in [1.807, 2.05) is 32.9 Å². The predicted molar refractivity (Wildman–Crippen MR) is 505 cm³/mol. The monoisotopic (exact) mass is 2010 g/mol. The summed E-state index contributed by atoms with van der Waals surface area (Å²) in [5.41, 5.74) is 21.1. The molecular formula is C92H96F14N30O8. The maximum Gasteiger partial charge on any atom is 0.416 e. The van der Waals surface area contributed by atoms with Crippen LogP contribution < -0.4 is 85.5 Å². The molecule has 0 spiro atoms. The number of halogens is 14. The Labute approximate surface area is 812 Å². The molecule has 0 radical (unpaired) electrons. The molecule has 1 unspecified atom stereocenters. The molecule has 38 nitrogen and oxygen atoms in total. The van der Waals surface area contributed by atoms with Crippen LogP contribution in [-0.2, 0) is 43.7 Å². The van der Waals surface area contributed by atoms with Crippen LogP contribution in [0.5, 0.6) is 0 Å². The third-order valence-corrected chi connectivity index (χ3v) is 20.5. The van der Waals surface area contributed by atoms with Gasteiger partial charge in [-0.3, -0.25) is 77.2 Å². The number of carbonyl (C=O) groups excluding carboxylic acids is 5. The Balaban J connectivity index is 0.000000171. The second-order valence-corrected chi connectivity index (χ2v) is 31.7. The molecule has 3 saturated heterocycles. The number of aromatic nitrogens is 12. The first-order valence-electron chi connectivity index (χ1n) is 44.1. The number of rotatable bonds is 34. The molecule has 52 heteroatoms. The van der Waals surface area contributed by atoms with Crippen molar-refractivity contribution >= 4 is 122 Å². The maximum atomic E-state index is 14.3. The Morgan fingerprint density at radius 3 is 1.03 bits per heavy atom. The molecular weight excluding hydrogens is 1920 g/mol. The molecule has 15 rings (SSSR count). The number of nitrogens with one attached hydrogen (secondary N) is 15. The Bertz CT molecular complexity index is 6090. The summed E-state index contributed by atoms with van der Waals surface area (Å²) in [5.74, 6) is -2.52. The van der Waals surface area contributed by atoms with Crippen LogP contribution in [0, 0.1) is 25.5 Å². The minimum Gasteiger partial charge on any atom is -0.379 e. The predicted octanol–water partition coefficient (Wildman–Crippen LogP) is 15.0. The Hall–Kier alpha value is -16.2. The summed E-state index contributed by atoms with van der Waals surface area (Å²) in [4.78, 5) is 116. The number of nitrogens with zero attached hydrogens (tertiary/aromatic N) is 15. The quantitative estimate of drug-likeness (QED) is 0.0101. The number of aryl methyl sites for hydroxylation is 2. The van der Waals surface area contributed by atoms with Crippen molar-refractivity contribution in [2.45, 2.75) is 71.3 Å². The molecule has 3 aliphatic rings. The maximum absolute atomic E-state index is 14.3. The molecule has 144 heavy (non-hydrogen) atoms. The van der Waals surface area contributed by atoms with E-state index >= 15 is 0 Å². The van der Waals surface area contributed by atoms with E-state index in [-0.39, 0.29) is 99.3 Å². The highest BCUT2D eigenvalue weighted by Gasteiger charge is 2.35. The molecule has 4 amide bonds. The van der Waals surface area contributed by atoms with Crippen LogP contribution >= 0.6 is 0 Å². The SMILES string of the molecule is CC(=O)CNc1nc(NNC(=O)c2ccc(Nc3cccc(C(F)(F)F)c3)cn2)ncc1F.CC1COCCN1c1nc(NNC(=O)c2ccc(Nc3cccc(C(F)(F)F)c3)cn2)ncc1F.Cc1cc(NCCCN2CCOCC2)nc(NNC(=O)c2ccc(Nc3cccc(C(F)(F)F)c3)cn2)n1.Cc1cc(NCCCN2CCOCC2)nc(NNC(=O)c2ccc(Nc3cccc(C(F)(F)F)c3)cn2)n1. The summed E-state index contributed by atoms with van der Waals surface area (Å²) >= 11 is 0. The van der Waals surface area contributed by atoms with E-state index in [1.165, 1.54) is 117 Å². The van der Waals surface area contributed by atoms with Gasteiger partial charge in [-0.1, -0.05) is 24.3 Å². The standard InChI is InChI=1S/2C25H29F3N8O2.C22H21F4N7O2.C20H17F4N7O2/c2*1-17-14-22(29-8-3-9-36-10-12-38-13-11-36)33-24(31-17)35-34-23(37)21-7-6-20(16-30-21)32-19-5-2-4-18(15-19)25(26,27)28;1-13-12-35-8-7-33(13)19-17(23)11-28-21(30-19)32-31-20(34)18-6-5-16(10-27-18)29-15-4-2-3-14(9-15)22(24,25)26;1-11(32)8-26-17-15(21)10-27-19(29-17)31-30-18(33)16-6-5-14(9-25-16)28-13-4-2-3-12(7-13)20(22,23)24/h2*2,4-7,14-16,32H,3,8-13H2,1H3,(H,34,37)(H2,29,31,33,35);2-6,9-11,13,29H,7-8,12H2,1H3,(H,31,34)(H,28,30,32);2-7,9-10,28H,8H2,1H3,(H,30,33)(H2,26,27,29,31). The van der Waals surface area contributed by atoms with Gasteiger partial charge in [0.15, 0.2) is 23.3 Å². The van der Waals surface area contributed by atoms with Gasteiger partial charge in [-0.2, -0.15) is 72.6 Å². The van der Waals surface area contributed by atoms with Crippen LogP contribution in [0.25, 0.3) is 0 Å². The molecule has 4 aromatic carbocycles. The van der Waals surface area contributed by atoms with Gasteiger partial charge >= 0.3 is 24.7 Å². The number of anilines is 16. The van der Waals surface area contributed by atoms with Gasteiger partial charge in [0.25, 0.3) is 23.6 Å². The van der Waals surface area contributed by atoms with Crippen molar-refractivity contribution in [1.29, 1.82) is 0 Å². The summed E-state index contributed by atoms with van der Waals surface area (Å²) in [6.07, 6.45) is -8.74. The Kier molecular flexibility index (Phi) is 37.6. The molecule has 1 atom stereocenters.